The Morgan fingerprint density at radius 2 is 2.11 bits per heavy atom. The molecule has 0 aromatic rings. The lowest BCUT2D eigenvalue weighted by atomic mass is 9.90. The number of nitrogens with one attached hydrogen (secondary N) is 1. The first-order valence-corrected chi connectivity index (χ1v) is 7.34. The van der Waals surface area contributed by atoms with Crippen LogP contribution in [0.2, 0.25) is 0 Å². The Morgan fingerprint density at radius 3 is 2.79 bits per heavy atom. The molecule has 2 rings (SSSR count). The Bertz CT molecular complexity index is 302. The summed E-state index contributed by atoms with van der Waals surface area (Å²) >= 11 is 0. The summed E-state index contributed by atoms with van der Waals surface area (Å²) in [5, 5.41) is 13.2. The molecular weight excluding hydrogens is 246 g/mol. The fourth-order valence-corrected chi connectivity index (χ4v) is 2.85. The molecule has 2 aliphatic heterocycles. The molecule has 0 radical (unpaired) electrons. The van der Waals surface area contributed by atoms with Crippen molar-refractivity contribution in [2.24, 2.45) is 5.92 Å². The van der Waals surface area contributed by atoms with Crippen molar-refractivity contribution in [1.29, 1.82) is 0 Å². The Labute approximate surface area is 114 Å². The van der Waals surface area contributed by atoms with Crippen LogP contribution in [0.15, 0.2) is 0 Å². The Morgan fingerprint density at radius 1 is 1.37 bits per heavy atom. The van der Waals surface area contributed by atoms with Crippen molar-refractivity contribution >= 4 is 5.91 Å². The minimum atomic E-state index is -0.800. The van der Waals surface area contributed by atoms with E-state index in [0.717, 1.165) is 25.9 Å². The lowest BCUT2D eigenvalue weighted by Gasteiger charge is -2.34. The minimum Gasteiger partial charge on any atom is -0.388 e. The summed E-state index contributed by atoms with van der Waals surface area (Å²) < 4.78 is 10.9. The van der Waals surface area contributed by atoms with Crippen LogP contribution in [-0.2, 0) is 14.3 Å². The van der Waals surface area contributed by atoms with Gasteiger partial charge in [0.2, 0.25) is 5.91 Å². The number of hydrogen-bond donors (Lipinski definition) is 2. The molecule has 5 nitrogen and oxygen atoms in total. The normalized spacial score (nSPS) is 30.8. The third-order valence-corrected chi connectivity index (χ3v) is 4.19. The third kappa shape index (κ3) is 3.91. The van der Waals surface area contributed by atoms with Gasteiger partial charge in [-0.15, -0.1) is 0 Å². The van der Waals surface area contributed by atoms with Crippen molar-refractivity contribution in [3.05, 3.63) is 0 Å². The molecule has 0 aromatic heterocycles. The molecule has 2 heterocycles. The molecule has 2 atom stereocenters. The van der Waals surface area contributed by atoms with Crippen molar-refractivity contribution in [1.82, 2.24) is 5.32 Å². The van der Waals surface area contributed by atoms with Crippen molar-refractivity contribution in [3.63, 3.8) is 0 Å². The first kappa shape index (κ1) is 14.8. The van der Waals surface area contributed by atoms with E-state index in [4.69, 9.17) is 9.47 Å². The highest BCUT2D eigenvalue weighted by Gasteiger charge is 2.34. The zero-order valence-corrected chi connectivity index (χ0v) is 11.7. The number of carbonyl (C=O) groups excluding carboxylic acids is 1. The third-order valence-electron chi connectivity index (χ3n) is 4.19. The zero-order chi connectivity index (χ0) is 13.7. The molecular formula is C14H25NO4. The summed E-state index contributed by atoms with van der Waals surface area (Å²) in [5.41, 5.74) is -0.800. The van der Waals surface area contributed by atoms with Crippen LogP contribution in [0.5, 0.6) is 0 Å². The van der Waals surface area contributed by atoms with Gasteiger partial charge in [0, 0.05) is 39.2 Å². The molecule has 0 spiro atoms. The van der Waals surface area contributed by atoms with E-state index in [-0.39, 0.29) is 17.9 Å². The van der Waals surface area contributed by atoms with Gasteiger partial charge in [-0.1, -0.05) is 6.92 Å². The molecule has 0 bridgehead atoms. The predicted octanol–water partition coefficient (Wildman–Crippen LogP) is 0.849. The standard InChI is InChI=1S/C14H25NO4/c1-2-12-11(4-3-7-19-12)13(16)15-10-14(17)5-8-18-9-6-14/h11-12,17H,2-10H2,1H3,(H,15,16)/t11-,12-/m1/s1. The van der Waals surface area contributed by atoms with E-state index in [0.29, 0.717) is 32.6 Å². The first-order chi connectivity index (χ1) is 9.14. The largest absolute Gasteiger partial charge is 0.388 e. The van der Waals surface area contributed by atoms with Gasteiger partial charge >= 0.3 is 0 Å². The number of rotatable bonds is 4. The van der Waals surface area contributed by atoms with Crippen LogP contribution in [-0.4, -0.2) is 49.1 Å². The van der Waals surface area contributed by atoms with E-state index in [9.17, 15) is 9.90 Å². The molecule has 0 aromatic carbocycles. The van der Waals surface area contributed by atoms with Crippen molar-refractivity contribution in [3.8, 4) is 0 Å². The number of ether oxygens (including phenoxy) is 2. The average Bonchev–Trinajstić information content (AvgIpc) is 2.45. The van der Waals surface area contributed by atoms with E-state index in [2.05, 4.69) is 5.32 Å². The number of aliphatic hydroxyl groups is 1. The van der Waals surface area contributed by atoms with Crippen LogP contribution >= 0.6 is 0 Å². The maximum absolute atomic E-state index is 12.2. The summed E-state index contributed by atoms with van der Waals surface area (Å²) in [4.78, 5) is 12.2. The van der Waals surface area contributed by atoms with Crippen LogP contribution in [0.25, 0.3) is 0 Å². The van der Waals surface area contributed by atoms with Crippen LogP contribution in [0.1, 0.15) is 39.0 Å². The van der Waals surface area contributed by atoms with Crippen molar-refractivity contribution in [2.75, 3.05) is 26.4 Å². The summed E-state index contributed by atoms with van der Waals surface area (Å²) in [6.45, 7) is 4.25. The molecule has 19 heavy (non-hydrogen) atoms. The number of hydrogen-bond acceptors (Lipinski definition) is 4. The quantitative estimate of drug-likeness (QED) is 0.795. The first-order valence-electron chi connectivity index (χ1n) is 7.34. The van der Waals surface area contributed by atoms with Gasteiger partial charge in [0.25, 0.3) is 0 Å². The summed E-state index contributed by atoms with van der Waals surface area (Å²) in [5.74, 6) is -0.0475. The van der Waals surface area contributed by atoms with Gasteiger partial charge in [-0.25, -0.2) is 0 Å². The minimum absolute atomic E-state index is 0.0199. The van der Waals surface area contributed by atoms with Gasteiger partial charge in [-0.05, 0) is 19.3 Å². The lowest BCUT2D eigenvalue weighted by Crippen LogP contribution is -2.50. The van der Waals surface area contributed by atoms with E-state index < -0.39 is 5.60 Å². The van der Waals surface area contributed by atoms with Gasteiger partial charge in [0.05, 0.1) is 17.6 Å². The summed E-state index contributed by atoms with van der Waals surface area (Å²) in [7, 11) is 0. The maximum atomic E-state index is 12.2. The molecule has 0 aliphatic carbocycles. The fourth-order valence-electron chi connectivity index (χ4n) is 2.85. The van der Waals surface area contributed by atoms with Gasteiger partial charge in [-0.3, -0.25) is 4.79 Å². The Balaban J connectivity index is 1.82. The second kappa shape index (κ2) is 6.68. The maximum Gasteiger partial charge on any atom is 0.225 e. The monoisotopic (exact) mass is 271 g/mol. The van der Waals surface area contributed by atoms with Crippen LogP contribution in [0.4, 0.5) is 0 Å². The molecule has 0 unspecified atom stereocenters. The van der Waals surface area contributed by atoms with E-state index in [1.54, 1.807) is 0 Å². The highest BCUT2D eigenvalue weighted by molar-refractivity contribution is 5.79. The second-order valence-electron chi connectivity index (χ2n) is 5.62. The topological polar surface area (TPSA) is 67.8 Å². The van der Waals surface area contributed by atoms with E-state index in [1.807, 2.05) is 6.92 Å². The van der Waals surface area contributed by atoms with Crippen LogP contribution in [0, 0.1) is 5.92 Å². The smallest absolute Gasteiger partial charge is 0.225 e. The Hall–Kier alpha value is -0.650. The summed E-state index contributed by atoms with van der Waals surface area (Å²) in [6, 6.07) is 0. The molecule has 2 fully saturated rings. The van der Waals surface area contributed by atoms with E-state index in [1.165, 1.54) is 0 Å². The van der Waals surface area contributed by atoms with Crippen molar-refractivity contribution in [2.45, 2.75) is 50.7 Å². The van der Waals surface area contributed by atoms with Gasteiger partial charge in [0.1, 0.15) is 0 Å². The number of carbonyl (C=O) groups is 1. The van der Waals surface area contributed by atoms with Crippen LogP contribution < -0.4 is 5.32 Å². The Kier molecular flexibility index (Phi) is 5.19. The van der Waals surface area contributed by atoms with Gasteiger partial charge in [-0.2, -0.15) is 0 Å². The molecule has 2 N–H and O–H groups in total. The van der Waals surface area contributed by atoms with Crippen LogP contribution in [0.3, 0.4) is 0 Å². The van der Waals surface area contributed by atoms with Gasteiger partial charge < -0.3 is 19.9 Å². The second-order valence-corrected chi connectivity index (χ2v) is 5.62. The molecule has 2 saturated heterocycles. The highest BCUT2D eigenvalue weighted by Crippen LogP contribution is 2.24. The molecule has 5 heteroatoms. The zero-order valence-electron chi connectivity index (χ0n) is 11.7. The molecule has 2 aliphatic rings. The molecule has 110 valence electrons. The predicted molar refractivity (Wildman–Crippen MR) is 70.8 cm³/mol. The van der Waals surface area contributed by atoms with E-state index >= 15 is 0 Å². The highest BCUT2D eigenvalue weighted by atomic mass is 16.5. The summed E-state index contributed by atoms with van der Waals surface area (Å²) in [6.07, 6.45) is 3.88. The van der Waals surface area contributed by atoms with Gasteiger partial charge in [0.15, 0.2) is 0 Å². The number of amides is 1. The molecule has 1 amide bonds. The SMILES string of the molecule is CC[C@H]1OCCC[C@H]1C(=O)NCC1(O)CCOCC1. The molecule has 0 saturated carbocycles. The lowest BCUT2D eigenvalue weighted by molar-refractivity contribution is -0.136. The fraction of sp³-hybridized carbons (Fsp3) is 0.929. The average molecular weight is 271 g/mol. The van der Waals surface area contributed by atoms with Crippen molar-refractivity contribution < 1.29 is 19.4 Å².